The summed E-state index contributed by atoms with van der Waals surface area (Å²) in [6.07, 6.45) is -0.888. The van der Waals surface area contributed by atoms with Crippen molar-refractivity contribution in [1.29, 1.82) is 0 Å². The van der Waals surface area contributed by atoms with Crippen LogP contribution >= 0.6 is 0 Å². The van der Waals surface area contributed by atoms with Gasteiger partial charge >= 0.3 is 12.2 Å². The molecule has 0 saturated carbocycles. The van der Waals surface area contributed by atoms with E-state index in [0.717, 1.165) is 0 Å². The molecule has 3 rings (SSSR count). The highest BCUT2D eigenvalue weighted by Gasteiger charge is 2.33. The van der Waals surface area contributed by atoms with E-state index in [1.165, 1.54) is 24.4 Å². The lowest BCUT2D eigenvalue weighted by Gasteiger charge is -2.19. The lowest BCUT2D eigenvalue weighted by Crippen LogP contribution is -2.26. The topological polar surface area (TPSA) is 60.4 Å². The van der Waals surface area contributed by atoms with Crippen LogP contribution in [0.15, 0.2) is 24.7 Å². The fourth-order valence-corrected chi connectivity index (χ4v) is 2.45. The molecule has 2 aromatic heterocycles. The standard InChI is InChI=1S/C15H14F4N4O2/c1-24-11-6-21-14(22-7-11)25-10-2-3-23(8-10)13-12(16)4-9(5-20-13)15(17,18)19/h4-7,10H,2-3,8H2,1H3. The van der Waals surface area contributed by atoms with Crippen molar-refractivity contribution in [1.82, 2.24) is 15.0 Å². The summed E-state index contributed by atoms with van der Waals surface area (Å²) in [5.41, 5.74) is -1.12. The van der Waals surface area contributed by atoms with Crippen molar-refractivity contribution in [2.75, 3.05) is 25.1 Å². The van der Waals surface area contributed by atoms with Crippen molar-refractivity contribution in [3.63, 3.8) is 0 Å². The molecule has 0 amide bonds. The summed E-state index contributed by atoms with van der Waals surface area (Å²) in [6.45, 7) is 0.667. The minimum Gasteiger partial charge on any atom is -0.494 e. The molecule has 1 aliphatic heterocycles. The summed E-state index contributed by atoms with van der Waals surface area (Å²) in [7, 11) is 1.49. The first-order chi connectivity index (χ1) is 11.9. The van der Waals surface area contributed by atoms with Crippen molar-refractivity contribution < 1.29 is 27.0 Å². The van der Waals surface area contributed by atoms with E-state index in [1.54, 1.807) is 0 Å². The highest BCUT2D eigenvalue weighted by Crippen LogP contribution is 2.31. The van der Waals surface area contributed by atoms with Gasteiger partial charge in [0.25, 0.3) is 0 Å². The summed E-state index contributed by atoms with van der Waals surface area (Å²) in [4.78, 5) is 13.1. The molecule has 1 saturated heterocycles. The van der Waals surface area contributed by atoms with Crippen molar-refractivity contribution in [2.24, 2.45) is 0 Å². The lowest BCUT2D eigenvalue weighted by molar-refractivity contribution is -0.138. The first-order valence-corrected chi connectivity index (χ1v) is 7.37. The van der Waals surface area contributed by atoms with Crippen LogP contribution in [0.4, 0.5) is 23.4 Å². The average molecular weight is 358 g/mol. The Morgan fingerprint density at radius 1 is 1.16 bits per heavy atom. The Balaban J connectivity index is 1.66. The number of alkyl halides is 3. The number of rotatable bonds is 4. The van der Waals surface area contributed by atoms with Crippen LogP contribution in [0.5, 0.6) is 11.8 Å². The molecule has 134 valence electrons. The van der Waals surface area contributed by atoms with Crippen LogP contribution in [0.25, 0.3) is 0 Å². The fraction of sp³-hybridized carbons (Fsp3) is 0.400. The third-order valence-corrected chi connectivity index (χ3v) is 3.71. The number of ether oxygens (including phenoxy) is 2. The SMILES string of the molecule is COc1cnc(OC2CCN(c3ncc(C(F)(F)F)cc3F)C2)nc1. The Labute approximate surface area is 140 Å². The highest BCUT2D eigenvalue weighted by atomic mass is 19.4. The van der Waals surface area contributed by atoms with E-state index in [1.807, 2.05) is 0 Å². The number of aromatic nitrogens is 3. The van der Waals surface area contributed by atoms with E-state index in [9.17, 15) is 17.6 Å². The maximum Gasteiger partial charge on any atom is 0.417 e. The molecule has 0 spiro atoms. The number of hydrogen-bond donors (Lipinski definition) is 0. The summed E-state index contributed by atoms with van der Waals surface area (Å²) < 4.78 is 62.2. The normalized spacial score (nSPS) is 17.6. The van der Waals surface area contributed by atoms with Gasteiger partial charge in [0.15, 0.2) is 17.4 Å². The Morgan fingerprint density at radius 2 is 1.88 bits per heavy atom. The van der Waals surface area contributed by atoms with Crippen LogP contribution in [0.3, 0.4) is 0 Å². The molecular formula is C15H14F4N4O2. The van der Waals surface area contributed by atoms with E-state index < -0.39 is 17.6 Å². The predicted molar refractivity (Wildman–Crippen MR) is 79.0 cm³/mol. The maximum atomic E-state index is 14.0. The quantitative estimate of drug-likeness (QED) is 0.784. The van der Waals surface area contributed by atoms with Gasteiger partial charge in [-0.05, 0) is 6.07 Å². The summed E-state index contributed by atoms with van der Waals surface area (Å²) in [6, 6.07) is 0.594. The molecular weight excluding hydrogens is 344 g/mol. The molecule has 1 unspecified atom stereocenters. The number of anilines is 1. The van der Waals surface area contributed by atoms with E-state index in [4.69, 9.17) is 9.47 Å². The van der Waals surface area contributed by atoms with Crippen LogP contribution < -0.4 is 14.4 Å². The Hall–Kier alpha value is -2.65. The second kappa shape index (κ2) is 6.69. The van der Waals surface area contributed by atoms with Crippen LogP contribution in [-0.2, 0) is 6.18 Å². The van der Waals surface area contributed by atoms with Gasteiger partial charge in [-0.3, -0.25) is 0 Å². The summed E-state index contributed by atoms with van der Waals surface area (Å²) in [5, 5.41) is 0. The van der Waals surface area contributed by atoms with E-state index in [0.29, 0.717) is 31.0 Å². The Bertz CT molecular complexity index is 739. The van der Waals surface area contributed by atoms with Gasteiger partial charge < -0.3 is 14.4 Å². The zero-order valence-corrected chi connectivity index (χ0v) is 13.1. The number of nitrogens with zero attached hydrogens (tertiary/aromatic N) is 4. The third kappa shape index (κ3) is 3.89. The van der Waals surface area contributed by atoms with Crippen molar-refractivity contribution in [2.45, 2.75) is 18.7 Å². The predicted octanol–water partition coefficient (Wildman–Crippen LogP) is 2.70. The average Bonchev–Trinajstić information content (AvgIpc) is 3.03. The molecule has 3 heterocycles. The zero-order chi connectivity index (χ0) is 18.0. The molecule has 25 heavy (non-hydrogen) atoms. The summed E-state index contributed by atoms with van der Waals surface area (Å²) >= 11 is 0. The molecule has 0 aromatic carbocycles. The third-order valence-electron chi connectivity index (χ3n) is 3.71. The highest BCUT2D eigenvalue weighted by molar-refractivity contribution is 5.43. The summed E-state index contributed by atoms with van der Waals surface area (Å²) in [5.74, 6) is -0.664. The van der Waals surface area contributed by atoms with Crippen molar-refractivity contribution in [3.05, 3.63) is 36.0 Å². The fourth-order valence-electron chi connectivity index (χ4n) is 2.45. The van der Waals surface area contributed by atoms with E-state index >= 15 is 0 Å². The molecule has 0 bridgehead atoms. The minimum absolute atomic E-state index is 0.130. The number of hydrogen-bond acceptors (Lipinski definition) is 6. The van der Waals surface area contributed by atoms with Gasteiger partial charge in [0.05, 0.1) is 31.6 Å². The van der Waals surface area contributed by atoms with Crippen LogP contribution in [-0.4, -0.2) is 41.3 Å². The van der Waals surface area contributed by atoms with Gasteiger partial charge in [0.2, 0.25) is 0 Å². The first-order valence-electron chi connectivity index (χ1n) is 7.37. The Morgan fingerprint density at radius 3 is 2.48 bits per heavy atom. The van der Waals surface area contributed by atoms with Gasteiger partial charge in [0, 0.05) is 19.2 Å². The molecule has 1 fully saturated rings. The monoisotopic (exact) mass is 358 g/mol. The zero-order valence-electron chi connectivity index (χ0n) is 13.1. The second-order valence-electron chi connectivity index (χ2n) is 5.41. The molecule has 6 nitrogen and oxygen atoms in total. The Kier molecular flexibility index (Phi) is 4.60. The van der Waals surface area contributed by atoms with Crippen molar-refractivity contribution >= 4 is 5.82 Å². The molecule has 0 radical (unpaired) electrons. The second-order valence-corrected chi connectivity index (χ2v) is 5.41. The van der Waals surface area contributed by atoms with Crippen LogP contribution in [0.2, 0.25) is 0 Å². The van der Waals surface area contributed by atoms with Crippen LogP contribution in [0.1, 0.15) is 12.0 Å². The first kappa shape index (κ1) is 17.2. The van der Waals surface area contributed by atoms with Crippen molar-refractivity contribution in [3.8, 4) is 11.8 Å². The lowest BCUT2D eigenvalue weighted by atomic mass is 10.2. The van der Waals surface area contributed by atoms with Gasteiger partial charge in [-0.25, -0.2) is 9.37 Å². The van der Waals surface area contributed by atoms with Crippen LogP contribution in [0, 0.1) is 5.82 Å². The number of pyridine rings is 1. The molecule has 0 aliphatic carbocycles. The molecule has 0 N–H and O–H groups in total. The molecule has 1 aliphatic rings. The smallest absolute Gasteiger partial charge is 0.417 e. The van der Waals surface area contributed by atoms with Gasteiger partial charge in [-0.1, -0.05) is 0 Å². The van der Waals surface area contributed by atoms with Gasteiger partial charge in [-0.15, -0.1) is 0 Å². The minimum atomic E-state index is -4.63. The largest absolute Gasteiger partial charge is 0.494 e. The van der Waals surface area contributed by atoms with E-state index in [2.05, 4.69) is 15.0 Å². The number of halogens is 4. The molecule has 2 aromatic rings. The van der Waals surface area contributed by atoms with Gasteiger partial charge in [0.1, 0.15) is 6.10 Å². The molecule has 10 heteroatoms. The van der Waals surface area contributed by atoms with Gasteiger partial charge in [-0.2, -0.15) is 23.1 Å². The maximum absolute atomic E-state index is 14.0. The number of methoxy groups -OCH3 is 1. The van der Waals surface area contributed by atoms with E-state index in [-0.39, 0.29) is 24.5 Å². The molecule has 1 atom stereocenters.